The van der Waals surface area contributed by atoms with E-state index in [-0.39, 0.29) is 0 Å². The highest BCUT2D eigenvalue weighted by atomic mass is 14.6. The van der Waals surface area contributed by atoms with Crippen molar-refractivity contribution in [3.05, 3.63) is 24.3 Å². The summed E-state index contributed by atoms with van der Waals surface area (Å²) in [6.07, 6.45) is 21.0. The first kappa shape index (κ1) is 25.1. The van der Waals surface area contributed by atoms with Crippen LogP contribution in [0, 0.1) is 40.4 Å². The van der Waals surface area contributed by atoms with E-state index in [1.807, 2.05) is 0 Å². The fourth-order valence-corrected chi connectivity index (χ4v) is 7.97. The van der Waals surface area contributed by atoms with E-state index in [1.165, 1.54) is 102 Å². The van der Waals surface area contributed by atoms with Gasteiger partial charge in [-0.05, 0) is 111 Å². The third-order valence-corrected chi connectivity index (χ3v) is 9.48. The summed E-state index contributed by atoms with van der Waals surface area (Å²) in [4.78, 5) is 0. The molecule has 3 rings (SSSR count). The summed E-state index contributed by atoms with van der Waals surface area (Å²) < 4.78 is 0. The third kappa shape index (κ3) is 6.98. The number of hydrogen-bond acceptors (Lipinski definition) is 0. The Hall–Kier alpha value is -0.520. The molecule has 0 heterocycles. The Morgan fingerprint density at radius 3 is 2.29 bits per heavy atom. The largest absolute Gasteiger partial charge is 0.0998 e. The molecule has 0 N–H and O–H groups in total. The normalized spacial score (nSPS) is 35.8. The quantitative estimate of drug-likeness (QED) is 0.241. The Kier molecular flexibility index (Phi) is 8.59. The maximum absolute atomic E-state index is 4.61. The van der Waals surface area contributed by atoms with E-state index in [0.717, 1.165) is 29.6 Å². The SMILES string of the molecule is C=C(CCC1CCC(C)CC(CCC(=C)CC2(CC)CC3CCCC32)C1)CC(C)(C)C. The Morgan fingerprint density at radius 1 is 0.903 bits per heavy atom. The first-order valence-electron chi connectivity index (χ1n) is 13.9. The zero-order valence-electron chi connectivity index (χ0n) is 21.9. The summed E-state index contributed by atoms with van der Waals surface area (Å²) in [7, 11) is 0. The standard InChI is InChI=1S/C31H54/c1-8-31(22-28-10-9-11-29(28)31)21-25(4)14-17-27-18-23(2)12-15-26(19-27)16-13-24(3)20-30(5,6)7/h23,26-29H,3-4,8-22H2,1-2,5-7H3. The molecule has 0 aromatic heterocycles. The van der Waals surface area contributed by atoms with Gasteiger partial charge in [-0.15, -0.1) is 0 Å². The lowest BCUT2D eigenvalue weighted by Crippen LogP contribution is -2.45. The highest BCUT2D eigenvalue weighted by Gasteiger charge is 2.53. The molecule has 3 aliphatic carbocycles. The summed E-state index contributed by atoms with van der Waals surface area (Å²) in [5.74, 6) is 4.87. The number of rotatable bonds is 10. The fourth-order valence-electron chi connectivity index (χ4n) is 7.97. The summed E-state index contributed by atoms with van der Waals surface area (Å²) in [6.45, 7) is 21.0. The molecule has 0 bridgehead atoms. The van der Waals surface area contributed by atoms with Gasteiger partial charge in [0.1, 0.15) is 0 Å². The van der Waals surface area contributed by atoms with E-state index in [1.54, 1.807) is 5.57 Å². The van der Waals surface area contributed by atoms with Gasteiger partial charge in [-0.2, -0.15) is 0 Å². The van der Waals surface area contributed by atoms with Crippen LogP contribution in [-0.4, -0.2) is 0 Å². The molecule has 0 nitrogen and oxygen atoms in total. The average molecular weight is 427 g/mol. The predicted octanol–water partition coefficient (Wildman–Crippen LogP) is 10.1. The van der Waals surface area contributed by atoms with Gasteiger partial charge < -0.3 is 0 Å². The van der Waals surface area contributed by atoms with E-state index < -0.39 is 0 Å². The lowest BCUT2D eigenvalue weighted by Gasteiger charge is -2.53. The summed E-state index contributed by atoms with van der Waals surface area (Å²) in [5, 5.41) is 0. The van der Waals surface area contributed by atoms with Crippen molar-refractivity contribution in [2.24, 2.45) is 40.4 Å². The molecule has 3 aliphatic rings. The van der Waals surface area contributed by atoms with Crippen LogP contribution < -0.4 is 0 Å². The second-order valence-electron chi connectivity index (χ2n) is 13.6. The molecule has 6 unspecified atom stereocenters. The van der Waals surface area contributed by atoms with Crippen molar-refractivity contribution in [1.29, 1.82) is 0 Å². The number of hydrogen-bond donors (Lipinski definition) is 0. The van der Waals surface area contributed by atoms with E-state index >= 15 is 0 Å². The van der Waals surface area contributed by atoms with Crippen molar-refractivity contribution in [2.45, 2.75) is 131 Å². The third-order valence-electron chi connectivity index (χ3n) is 9.48. The molecule has 6 atom stereocenters. The van der Waals surface area contributed by atoms with Crippen LogP contribution in [0.1, 0.15) is 131 Å². The molecule has 0 aromatic rings. The molecule has 178 valence electrons. The molecule has 31 heavy (non-hydrogen) atoms. The van der Waals surface area contributed by atoms with Crippen molar-refractivity contribution in [3.63, 3.8) is 0 Å². The number of allylic oxidation sites excluding steroid dienone is 2. The Bertz CT molecular complexity index is 604. The minimum Gasteiger partial charge on any atom is -0.0998 e. The molecule has 0 radical (unpaired) electrons. The van der Waals surface area contributed by atoms with Crippen LogP contribution in [-0.2, 0) is 0 Å². The van der Waals surface area contributed by atoms with Crippen molar-refractivity contribution < 1.29 is 0 Å². The van der Waals surface area contributed by atoms with Crippen LogP contribution >= 0.6 is 0 Å². The predicted molar refractivity (Wildman–Crippen MR) is 138 cm³/mol. The molecule has 0 aliphatic heterocycles. The topological polar surface area (TPSA) is 0 Å². The highest BCUT2D eigenvalue weighted by molar-refractivity contribution is 5.11. The van der Waals surface area contributed by atoms with E-state index in [4.69, 9.17) is 0 Å². The van der Waals surface area contributed by atoms with Gasteiger partial charge in [-0.25, -0.2) is 0 Å². The second-order valence-corrected chi connectivity index (χ2v) is 13.6. The second kappa shape index (κ2) is 10.6. The van der Waals surface area contributed by atoms with Crippen LogP contribution in [0.25, 0.3) is 0 Å². The molecule has 0 heteroatoms. The van der Waals surface area contributed by atoms with Crippen molar-refractivity contribution in [3.8, 4) is 0 Å². The van der Waals surface area contributed by atoms with Gasteiger partial charge >= 0.3 is 0 Å². The fraction of sp³-hybridized carbons (Fsp3) is 0.871. The lowest BCUT2D eigenvalue weighted by atomic mass is 9.51. The maximum atomic E-state index is 4.61. The molecule has 3 saturated carbocycles. The zero-order valence-corrected chi connectivity index (χ0v) is 21.9. The van der Waals surface area contributed by atoms with Crippen LogP contribution in [0.3, 0.4) is 0 Å². The van der Waals surface area contributed by atoms with Crippen LogP contribution in [0.4, 0.5) is 0 Å². The van der Waals surface area contributed by atoms with Gasteiger partial charge in [-0.1, -0.05) is 84.6 Å². The van der Waals surface area contributed by atoms with Gasteiger partial charge in [0.2, 0.25) is 0 Å². The summed E-state index contributed by atoms with van der Waals surface area (Å²) >= 11 is 0. The summed E-state index contributed by atoms with van der Waals surface area (Å²) in [6, 6.07) is 0. The van der Waals surface area contributed by atoms with E-state index in [0.29, 0.717) is 10.8 Å². The van der Waals surface area contributed by atoms with Gasteiger partial charge in [0, 0.05) is 0 Å². The smallest absolute Gasteiger partial charge is 0.0229 e. The molecule has 3 fully saturated rings. The molecule has 0 amide bonds. The van der Waals surface area contributed by atoms with E-state index in [9.17, 15) is 0 Å². The molecular formula is C31H54. The Balaban J connectivity index is 1.45. The maximum Gasteiger partial charge on any atom is -0.0229 e. The number of fused-ring (bicyclic) bond motifs is 1. The molecule has 0 aromatic carbocycles. The minimum absolute atomic E-state index is 0.382. The first-order valence-corrected chi connectivity index (χ1v) is 13.9. The van der Waals surface area contributed by atoms with Gasteiger partial charge in [0.15, 0.2) is 0 Å². The molecule has 0 spiro atoms. The monoisotopic (exact) mass is 426 g/mol. The van der Waals surface area contributed by atoms with Crippen molar-refractivity contribution in [1.82, 2.24) is 0 Å². The van der Waals surface area contributed by atoms with Crippen LogP contribution in [0.15, 0.2) is 24.3 Å². The zero-order chi connectivity index (χ0) is 22.6. The highest BCUT2D eigenvalue weighted by Crippen LogP contribution is 2.63. The minimum atomic E-state index is 0.382. The molecular weight excluding hydrogens is 372 g/mol. The Labute approximate surface area is 195 Å². The van der Waals surface area contributed by atoms with Gasteiger partial charge in [0.05, 0.1) is 0 Å². The first-order chi connectivity index (χ1) is 14.6. The van der Waals surface area contributed by atoms with Gasteiger partial charge in [-0.3, -0.25) is 0 Å². The van der Waals surface area contributed by atoms with Crippen LogP contribution in [0.2, 0.25) is 0 Å². The molecule has 0 saturated heterocycles. The average Bonchev–Trinajstić information content (AvgIpc) is 2.97. The van der Waals surface area contributed by atoms with Crippen molar-refractivity contribution in [2.75, 3.05) is 0 Å². The lowest BCUT2D eigenvalue weighted by molar-refractivity contribution is -0.0253. The van der Waals surface area contributed by atoms with Crippen LogP contribution in [0.5, 0.6) is 0 Å². The Morgan fingerprint density at radius 2 is 1.61 bits per heavy atom. The van der Waals surface area contributed by atoms with Crippen molar-refractivity contribution >= 4 is 0 Å². The van der Waals surface area contributed by atoms with Gasteiger partial charge in [0.25, 0.3) is 0 Å². The summed E-state index contributed by atoms with van der Waals surface area (Å²) in [5.41, 5.74) is 4.09. The van der Waals surface area contributed by atoms with E-state index in [2.05, 4.69) is 47.8 Å².